The lowest BCUT2D eigenvalue weighted by atomic mass is 10.0. The van der Waals surface area contributed by atoms with E-state index < -0.39 is 0 Å². The molecule has 1 atom stereocenters. The van der Waals surface area contributed by atoms with E-state index in [0.29, 0.717) is 0 Å². The molecule has 0 spiro atoms. The number of nitrogen functional groups attached to an aromatic ring is 1. The maximum Gasteiger partial charge on any atom is 0.186 e. The highest BCUT2D eigenvalue weighted by atomic mass is 15.1. The first kappa shape index (κ1) is 12.4. The molecule has 0 aliphatic heterocycles. The highest BCUT2D eigenvalue weighted by molar-refractivity contribution is 5.74. The minimum absolute atomic E-state index is 0.0120. The first-order valence-electron chi connectivity index (χ1n) is 5.59. The summed E-state index contributed by atoms with van der Waals surface area (Å²) in [6.45, 7) is 2.15. The number of nitrogens with one attached hydrogen (secondary N) is 2. The molecule has 1 aromatic rings. The van der Waals surface area contributed by atoms with Gasteiger partial charge in [0.25, 0.3) is 0 Å². The van der Waals surface area contributed by atoms with Gasteiger partial charge in [-0.2, -0.15) is 0 Å². The van der Waals surface area contributed by atoms with Crippen LogP contribution in [0.2, 0.25) is 0 Å². The Kier molecular flexibility index (Phi) is 4.64. The Hall–Kier alpha value is -1.71. The second kappa shape index (κ2) is 6.00. The molecule has 0 heterocycles. The Balaban J connectivity index is 2.74. The monoisotopic (exact) mass is 220 g/mol. The number of hydrogen-bond acceptors (Lipinski definition) is 2. The quantitative estimate of drug-likeness (QED) is 0.347. The van der Waals surface area contributed by atoms with Crippen molar-refractivity contribution in [3.63, 3.8) is 0 Å². The van der Waals surface area contributed by atoms with Gasteiger partial charge in [0.15, 0.2) is 5.96 Å². The topological polar surface area (TPSA) is 87.9 Å². The minimum atomic E-state index is 0.0120. The summed E-state index contributed by atoms with van der Waals surface area (Å²) < 4.78 is 0. The van der Waals surface area contributed by atoms with Gasteiger partial charge in [0.1, 0.15) is 0 Å². The number of hydrogen-bond donors (Lipinski definition) is 4. The van der Waals surface area contributed by atoms with E-state index in [9.17, 15) is 0 Å². The number of rotatable bonds is 5. The normalized spacial score (nSPS) is 12.1. The van der Waals surface area contributed by atoms with Gasteiger partial charge >= 0.3 is 0 Å². The van der Waals surface area contributed by atoms with Crippen molar-refractivity contribution in [1.82, 2.24) is 5.32 Å². The SMILES string of the molecule is CCCCC(NC(=N)N)c1ccc(N)cc1. The molecular weight excluding hydrogens is 200 g/mol. The Morgan fingerprint density at radius 1 is 1.38 bits per heavy atom. The Labute approximate surface area is 96.5 Å². The van der Waals surface area contributed by atoms with Gasteiger partial charge in [-0.05, 0) is 24.1 Å². The van der Waals surface area contributed by atoms with Crippen LogP contribution in [-0.4, -0.2) is 5.96 Å². The average Bonchev–Trinajstić information content (AvgIpc) is 2.25. The van der Waals surface area contributed by atoms with Crippen molar-refractivity contribution >= 4 is 11.6 Å². The van der Waals surface area contributed by atoms with E-state index in [0.717, 1.165) is 30.5 Å². The zero-order valence-corrected chi connectivity index (χ0v) is 9.66. The lowest BCUT2D eigenvalue weighted by molar-refractivity contribution is 0.553. The molecule has 0 aliphatic rings. The Bertz CT molecular complexity index is 331. The summed E-state index contributed by atoms with van der Waals surface area (Å²) in [6, 6.07) is 7.81. The molecule has 4 heteroatoms. The van der Waals surface area contributed by atoms with Gasteiger partial charge in [-0.15, -0.1) is 0 Å². The molecule has 88 valence electrons. The third-order valence-corrected chi connectivity index (χ3v) is 2.51. The summed E-state index contributed by atoms with van der Waals surface area (Å²) in [4.78, 5) is 0. The zero-order chi connectivity index (χ0) is 12.0. The summed E-state index contributed by atoms with van der Waals surface area (Å²) in [7, 11) is 0. The number of anilines is 1. The standard InChI is InChI=1S/C12H20N4/c1-2-3-4-11(16-12(14)15)9-5-7-10(13)8-6-9/h5-8,11H,2-4,13H2,1H3,(H4,14,15,16). The van der Waals surface area contributed by atoms with Gasteiger partial charge in [0, 0.05) is 5.69 Å². The third kappa shape index (κ3) is 3.81. The smallest absolute Gasteiger partial charge is 0.186 e. The van der Waals surface area contributed by atoms with E-state index in [1.165, 1.54) is 0 Å². The second-order valence-corrected chi connectivity index (χ2v) is 3.92. The molecule has 0 saturated heterocycles. The maximum atomic E-state index is 7.29. The fourth-order valence-corrected chi connectivity index (χ4v) is 1.65. The lowest BCUT2D eigenvalue weighted by Gasteiger charge is -2.19. The molecule has 4 nitrogen and oxygen atoms in total. The molecule has 0 fully saturated rings. The van der Waals surface area contributed by atoms with Crippen LogP contribution in [-0.2, 0) is 0 Å². The minimum Gasteiger partial charge on any atom is -0.399 e. The third-order valence-electron chi connectivity index (χ3n) is 2.51. The zero-order valence-electron chi connectivity index (χ0n) is 9.66. The van der Waals surface area contributed by atoms with Crippen LogP contribution in [0.15, 0.2) is 24.3 Å². The molecular formula is C12H20N4. The summed E-state index contributed by atoms with van der Waals surface area (Å²) in [6.07, 6.45) is 3.21. The van der Waals surface area contributed by atoms with Crippen molar-refractivity contribution in [1.29, 1.82) is 5.41 Å². The average molecular weight is 220 g/mol. The van der Waals surface area contributed by atoms with Crippen molar-refractivity contribution in [2.45, 2.75) is 32.2 Å². The summed E-state index contributed by atoms with van der Waals surface area (Å²) in [5, 5.41) is 10.3. The second-order valence-electron chi connectivity index (χ2n) is 3.92. The Morgan fingerprint density at radius 3 is 2.50 bits per heavy atom. The largest absolute Gasteiger partial charge is 0.399 e. The van der Waals surface area contributed by atoms with Gasteiger partial charge in [0.2, 0.25) is 0 Å². The van der Waals surface area contributed by atoms with Gasteiger partial charge < -0.3 is 16.8 Å². The van der Waals surface area contributed by atoms with E-state index in [1.54, 1.807) is 0 Å². The molecule has 1 rings (SSSR count). The van der Waals surface area contributed by atoms with E-state index >= 15 is 0 Å². The lowest BCUT2D eigenvalue weighted by Crippen LogP contribution is -2.33. The predicted molar refractivity (Wildman–Crippen MR) is 68.2 cm³/mol. The van der Waals surface area contributed by atoms with Crippen LogP contribution in [0.4, 0.5) is 5.69 Å². The number of benzene rings is 1. The number of unbranched alkanes of at least 4 members (excludes halogenated alkanes) is 1. The predicted octanol–water partition coefficient (Wildman–Crippen LogP) is 1.98. The van der Waals surface area contributed by atoms with Crippen LogP contribution >= 0.6 is 0 Å². The van der Waals surface area contributed by atoms with E-state index in [1.807, 2.05) is 24.3 Å². The van der Waals surface area contributed by atoms with Crippen molar-refractivity contribution in [3.8, 4) is 0 Å². The molecule has 1 aromatic carbocycles. The van der Waals surface area contributed by atoms with Crippen molar-refractivity contribution < 1.29 is 0 Å². The van der Waals surface area contributed by atoms with E-state index in [-0.39, 0.29) is 12.0 Å². The van der Waals surface area contributed by atoms with E-state index in [4.69, 9.17) is 16.9 Å². The molecule has 0 saturated carbocycles. The number of nitrogens with two attached hydrogens (primary N) is 2. The van der Waals surface area contributed by atoms with Gasteiger partial charge in [-0.25, -0.2) is 0 Å². The van der Waals surface area contributed by atoms with Crippen LogP contribution in [0.1, 0.15) is 37.8 Å². The molecule has 1 unspecified atom stereocenters. The van der Waals surface area contributed by atoms with Crippen LogP contribution in [0, 0.1) is 5.41 Å². The summed E-state index contributed by atoms with van der Waals surface area (Å²) >= 11 is 0. The molecule has 0 aromatic heterocycles. The van der Waals surface area contributed by atoms with E-state index in [2.05, 4.69) is 12.2 Å². The maximum absolute atomic E-state index is 7.29. The van der Waals surface area contributed by atoms with Crippen LogP contribution in [0.25, 0.3) is 0 Å². The van der Waals surface area contributed by atoms with Crippen LogP contribution in [0.5, 0.6) is 0 Å². The fourth-order valence-electron chi connectivity index (χ4n) is 1.65. The summed E-state index contributed by atoms with van der Waals surface area (Å²) in [5.41, 5.74) is 12.9. The highest BCUT2D eigenvalue weighted by Crippen LogP contribution is 2.20. The molecule has 0 radical (unpaired) electrons. The number of guanidine groups is 1. The highest BCUT2D eigenvalue weighted by Gasteiger charge is 2.10. The van der Waals surface area contributed by atoms with Crippen LogP contribution < -0.4 is 16.8 Å². The summed E-state index contributed by atoms with van der Waals surface area (Å²) in [5.74, 6) is 0.0120. The fraction of sp³-hybridized carbons (Fsp3) is 0.417. The Morgan fingerprint density at radius 2 is 2.00 bits per heavy atom. The van der Waals surface area contributed by atoms with Gasteiger partial charge in [0.05, 0.1) is 6.04 Å². The molecule has 16 heavy (non-hydrogen) atoms. The van der Waals surface area contributed by atoms with Crippen LogP contribution in [0.3, 0.4) is 0 Å². The van der Waals surface area contributed by atoms with Gasteiger partial charge in [-0.1, -0.05) is 31.9 Å². The molecule has 0 aliphatic carbocycles. The first-order valence-corrected chi connectivity index (χ1v) is 5.59. The molecule has 0 bridgehead atoms. The molecule has 6 N–H and O–H groups in total. The van der Waals surface area contributed by atoms with Crippen molar-refractivity contribution in [2.75, 3.05) is 5.73 Å². The first-order chi connectivity index (χ1) is 7.63. The van der Waals surface area contributed by atoms with Gasteiger partial charge in [-0.3, -0.25) is 5.41 Å². The van der Waals surface area contributed by atoms with Crippen molar-refractivity contribution in [2.24, 2.45) is 5.73 Å². The molecule has 0 amide bonds. The van der Waals surface area contributed by atoms with Crippen molar-refractivity contribution in [3.05, 3.63) is 29.8 Å².